The number of aromatic nitrogens is 2. The summed E-state index contributed by atoms with van der Waals surface area (Å²) in [5.41, 5.74) is 2.69. The third-order valence-corrected chi connectivity index (χ3v) is 3.58. The quantitative estimate of drug-likeness (QED) is 0.510. The highest BCUT2D eigenvalue weighted by atomic mass is 16.5. The van der Waals surface area contributed by atoms with Crippen molar-refractivity contribution < 1.29 is 14.3 Å². The summed E-state index contributed by atoms with van der Waals surface area (Å²) in [6.45, 7) is 0.219. The molecule has 0 radical (unpaired) electrons. The Kier molecular flexibility index (Phi) is 5.26. The van der Waals surface area contributed by atoms with E-state index in [1.54, 1.807) is 24.1 Å². The Balaban J connectivity index is 1.54. The molecule has 0 spiro atoms. The topological polar surface area (TPSA) is 53.4 Å². The van der Waals surface area contributed by atoms with E-state index in [1.165, 1.54) is 6.08 Å². The Labute approximate surface area is 146 Å². The van der Waals surface area contributed by atoms with E-state index < -0.39 is 5.97 Å². The average Bonchev–Trinajstić information content (AvgIpc) is 3.15. The average molecular weight is 334 g/mol. The summed E-state index contributed by atoms with van der Waals surface area (Å²) in [4.78, 5) is 11.8. The number of rotatable bonds is 6. The van der Waals surface area contributed by atoms with Gasteiger partial charge in [-0.15, -0.1) is 0 Å². The van der Waals surface area contributed by atoms with Gasteiger partial charge in [0.05, 0.1) is 19.0 Å². The predicted octanol–water partition coefficient (Wildman–Crippen LogP) is 3.64. The molecular weight excluding hydrogens is 316 g/mol. The lowest BCUT2D eigenvalue weighted by Crippen LogP contribution is -2.00. The minimum absolute atomic E-state index is 0.219. The third-order valence-electron chi connectivity index (χ3n) is 3.58. The zero-order valence-electron chi connectivity index (χ0n) is 13.8. The monoisotopic (exact) mass is 334 g/mol. The van der Waals surface area contributed by atoms with Crippen LogP contribution in [0.2, 0.25) is 0 Å². The maximum atomic E-state index is 11.8. The minimum atomic E-state index is -0.400. The van der Waals surface area contributed by atoms with Crippen LogP contribution in [0.25, 0.3) is 11.8 Å². The Morgan fingerprint density at radius 3 is 2.60 bits per heavy atom. The van der Waals surface area contributed by atoms with Crippen molar-refractivity contribution in [1.29, 1.82) is 0 Å². The smallest absolute Gasteiger partial charge is 0.331 e. The molecule has 0 unspecified atom stereocenters. The van der Waals surface area contributed by atoms with Crippen LogP contribution >= 0.6 is 0 Å². The zero-order valence-corrected chi connectivity index (χ0v) is 13.8. The number of hydrogen-bond donors (Lipinski definition) is 0. The molecule has 0 amide bonds. The van der Waals surface area contributed by atoms with Gasteiger partial charge in [0.2, 0.25) is 0 Å². The third kappa shape index (κ3) is 4.57. The first kappa shape index (κ1) is 16.5. The van der Waals surface area contributed by atoms with Crippen LogP contribution in [0.5, 0.6) is 5.75 Å². The van der Waals surface area contributed by atoms with Crippen molar-refractivity contribution in [3.05, 3.63) is 84.2 Å². The van der Waals surface area contributed by atoms with Gasteiger partial charge in [0.15, 0.2) is 0 Å². The molecule has 0 saturated heterocycles. The van der Waals surface area contributed by atoms with Crippen molar-refractivity contribution in [3.63, 3.8) is 0 Å². The number of ether oxygens (including phenoxy) is 2. The summed E-state index contributed by atoms with van der Waals surface area (Å²) in [5.74, 6) is 0.369. The summed E-state index contributed by atoms with van der Waals surface area (Å²) in [6, 6.07) is 17.2. The molecular formula is C20H18N2O3. The molecule has 1 aromatic heterocycles. The second-order valence-corrected chi connectivity index (χ2v) is 5.34. The van der Waals surface area contributed by atoms with Gasteiger partial charge >= 0.3 is 5.97 Å². The molecule has 0 bridgehead atoms. The number of para-hydroxylation sites is 1. The highest BCUT2D eigenvalue weighted by Crippen LogP contribution is 2.12. The van der Waals surface area contributed by atoms with E-state index in [9.17, 15) is 4.79 Å². The van der Waals surface area contributed by atoms with E-state index in [-0.39, 0.29) is 6.61 Å². The van der Waals surface area contributed by atoms with Crippen molar-refractivity contribution in [3.8, 4) is 11.4 Å². The lowest BCUT2D eigenvalue weighted by Gasteiger charge is -2.03. The maximum absolute atomic E-state index is 11.8. The van der Waals surface area contributed by atoms with Crippen LogP contribution in [0.3, 0.4) is 0 Å². The second kappa shape index (κ2) is 7.97. The highest BCUT2D eigenvalue weighted by Gasteiger charge is 2.01. The highest BCUT2D eigenvalue weighted by molar-refractivity contribution is 5.86. The van der Waals surface area contributed by atoms with Gasteiger partial charge in [-0.2, -0.15) is 5.10 Å². The number of esters is 1. The van der Waals surface area contributed by atoms with Gasteiger partial charge in [0, 0.05) is 17.8 Å². The van der Waals surface area contributed by atoms with Crippen molar-refractivity contribution in [1.82, 2.24) is 9.78 Å². The van der Waals surface area contributed by atoms with Crippen LogP contribution in [0.4, 0.5) is 0 Å². The number of methoxy groups -OCH3 is 1. The molecule has 0 atom stereocenters. The first-order valence-electron chi connectivity index (χ1n) is 7.82. The molecule has 126 valence electrons. The van der Waals surface area contributed by atoms with E-state index >= 15 is 0 Å². The van der Waals surface area contributed by atoms with Gasteiger partial charge in [-0.05, 0) is 35.9 Å². The van der Waals surface area contributed by atoms with Crippen molar-refractivity contribution >= 4 is 12.0 Å². The van der Waals surface area contributed by atoms with Gasteiger partial charge < -0.3 is 9.47 Å². The zero-order chi connectivity index (χ0) is 17.5. The van der Waals surface area contributed by atoms with E-state index in [0.717, 1.165) is 22.6 Å². The Morgan fingerprint density at radius 2 is 1.88 bits per heavy atom. The molecule has 0 saturated carbocycles. The standard InChI is InChI=1S/C20H18N2O3/c1-24-19-10-7-16(8-11-19)15-25-20(23)12-9-17-13-21-22(14-17)18-5-3-2-4-6-18/h2-14H,15H2,1H3/b12-9+. The molecule has 0 N–H and O–H groups in total. The van der Waals surface area contributed by atoms with Crippen molar-refractivity contribution in [2.24, 2.45) is 0 Å². The number of benzene rings is 2. The predicted molar refractivity (Wildman–Crippen MR) is 95.4 cm³/mol. The van der Waals surface area contributed by atoms with E-state index in [2.05, 4.69) is 5.10 Å². The number of nitrogens with zero attached hydrogens (tertiary/aromatic N) is 2. The van der Waals surface area contributed by atoms with Gasteiger partial charge in [-0.25, -0.2) is 9.48 Å². The van der Waals surface area contributed by atoms with Gasteiger partial charge in [-0.1, -0.05) is 30.3 Å². The summed E-state index contributed by atoms with van der Waals surface area (Å²) in [5, 5.41) is 4.28. The van der Waals surface area contributed by atoms with Crippen LogP contribution in [-0.2, 0) is 16.1 Å². The lowest BCUT2D eigenvalue weighted by atomic mass is 10.2. The largest absolute Gasteiger partial charge is 0.497 e. The second-order valence-electron chi connectivity index (χ2n) is 5.34. The molecule has 0 aliphatic carbocycles. The summed E-state index contributed by atoms with van der Waals surface area (Å²) >= 11 is 0. The lowest BCUT2D eigenvalue weighted by molar-refractivity contribution is -0.138. The molecule has 3 aromatic rings. The Bertz CT molecular complexity index is 852. The Hall–Kier alpha value is -3.34. The molecule has 0 fully saturated rings. The molecule has 0 aliphatic rings. The van der Waals surface area contributed by atoms with Crippen LogP contribution in [0.1, 0.15) is 11.1 Å². The fraction of sp³-hybridized carbons (Fsp3) is 0.100. The first-order valence-corrected chi connectivity index (χ1v) is 7.82. The summed E-state index contributed by atoms with van der Waals surface area (Å²) in [6.07, 6.45) is 6.63. The van der Waals surface area contributed by atoms with Gasteiger partial charge in [0.1, 0.15) is 12.4 Å². The van der Waals surface area contributed by atoms with Gasteiger partial charge in [0.25, 0.3) is 0 Å². The molecule has 3 rings (SSSR count). The van der Waals surface area contributed by atoms with Crippen LogP contribution in [0.15, 0.2) is 73.1 Å². The van der Waals surface area contributed by atoms with Gasteiger partial charge in [-0.3, -0.25) is 0 Å². The molecule has 2 aromatic carbocycles. The fourth-order valence-corrected chi connectivity index (χ4v) is 2.23. The van der Waals surface area contributed by atoms with Crippen molar-refractivity contribution in [2.45, 2.75) is 6.61 Å². The number of carbonyl (C=O) groups excluding carboxylic acids is 1. The SMILES string of the molecule is COc1ccc(COC(=O)/C=C/c2cnn(-c3ccccc3)c2)cc1. The van der Waals surface area contributed by atoms with Crippen LogP contribution < -0.4 is 4.74 Å². The van der Waals surface area contributed by atoms with E-state index in [4.69, 9.17) is 9.47 Å². The normalized spacial score (nSPS) is 10.8. The minimum Gasteiger partial charge on any atom is -0.497 e. The molecule has 5 heteroatoms. The van der Waals surface area contributed by atoms with Crippen molar-refractivity contribution in [2.75, 3.05) is 7.11 Å². The Morgan fingerprint density at radius 1 is 1.12 bits per heavy atom. The van der Waals surface area contributed by atoms with E-state index in [0.29, 0.717) is 0 Å². The van der Waals surface area contributed by atoms with Crippen LogP contribution in [-0.4, -0.2) is 22.9 Å². The molecule has 5 nitrogen and oxygen atoms in total. The summed E-state index contributed by atoms with van der Waals surface area (Å²) in [7, 11) is 1.61. The summed E-state index contributed by atoms with van der Waals surface area (Å²) < 4.78 is 12.1. The maximum Gasteiger partial charge on any atom is 0.331 e. The van der Waals surface area contributed by atoms with Crippen LogP contribution in [0, 0.1) is 0 Å². The first-order chi connectivity index (χ1) is 12.2. The molecule has 25 heavy (non-hydrogen) atoms. The van der Waals surface area contributed by atoms with E-state index in [1.807, 2.05) is 60.8 Å². The molecule has 0 aliphatic heterocycles. The fourth-order valence-electron chi connectivity index (χ4n) is 2.23. The number of hydrogen-bond acceptors (Lipinski definition) is 4. The number of carbonyl (C=O) groups is 1. The molecule has 1 heterocycles.